The number of nitrogens with zero attached hydrogens (tertiary/aromatic N) is 3. The summed E-state index contributed by atoms with van der Waals surface area (Å²) in [4.78, 5) is 32.3. The van der Waals surface area contributed by atoms with Gasteiger partial charge in [0.25, 0.3) is 0 Å². The van der Waals surface area contributed by atoms with Gasteiger partial charge in [0.05, 0.1) is 5.39 Å². The first-order valence-electron chi connectivity index (χ1n) is 5.63. The van der Waals surface area contributed by atoms with Gasteiger partial charge in [0.2, 0.25) is 6.79 Å². The molecule has 0 aliphatic heterocycles. The van der Waals surface area contributed by atoms with E-state index in [1.807, 2.05) is 0 Å². The third-order valence-corrected chi connectivity index (χ3v) is 3.07. The Morgan fingerprint density at radius 1 is 1.57 bits per heavy atom. The van der Waals surface area contributed by atoms with Crippen LogP contribution >= 0.6 is 8.25 Å². The predicted octanol–water partition coefficient (Wildman–Crippen LogP) is 0.234. The van der Waals surface area contributed by atoms with E-state index >= 15 is 0 Å². The topological polar surface area (TPSA) is 139 Å². The first-order chi connectivity index (χ1) is 9.82. The zero-order valence-electron chi connectivity index (χ0n) is 11.1. The zero-order chi connectivity index (χ0) is 15.7. The molecule has 10 nitrogen and oxygen atoms in total. The number of nitrogen functional groups attached to an aromatic ring is 1. The number of nitrogens with two attached hydrogens (primary N) is 1. The van der Waals surface area contributed by atoms with E-state index in [1.165, 1.54) is 4.57 Å². The van der Waals surface area contributed by atoms with Crippen LogP contribution in [0.5, 0.6) is 0 Å². The van der Waals surface area contributed by atoms with Crippen LogP contribution < -0.4 is 11.3 Å². The molecule has 3 N–H and O–H groups in total. The van der Waals surface area contributed by atoms with Crippen LogP contribution in [0.25, 0.3) is 10.9 Å². The fourth-order valence-corrected chi connectivity index (χ4v) is 2.12. The molecule has 2 aromatic heterocycles. The predicted molar refractivity (Wildman–Crippen MR) is 71.8 cm³/mol. The molecule has 0 radical (unpaired) electrons. The summed E-state index contributed by atoms with van der Waals surface area (Å²) < 4.78 is 20.9. The maximum absolute atomic E-state index is 12.2. The van der Waals surface area contributed by atoms with Crippen LogP contribution in [0.1, 0.15) is 5.56 Å². The molecule has 2 aromatic rings. The fourth-order valence-electron chi connectivity index (χ4n) is 1.97. The largest absolute Gasteiger partial charge is 0.698 e. The van der Waals surface area contributed by atoms with Gasteiger partial charge in [-0.15, -0.1) is 14.7 Å². The smallest absolute Gasteiger partial charge is 0.416 e. The number of aromatic nitrogens is 3. The van der Waals surface area contributed by atoms with Crippen molar-refractivity contribution in [2.45, 2.75) is 6.92 Å². The van der Waals surface area contributed by atoms with Gasteiger partial charge in [-0.2, -0.15) is 0 Å². The SMILES string of the molecule is Cc1cn(C)c2c(=O)n(C(=O)OCO[P+](=O)O)nc(N)c12. The molecule has 11 heteroatoms. The lowest BCUT2D eigenvalue weighted by molar-refractivity contribution is 0.0562. The van der Waals surface area contributed by atoms with E-state index in [-0.39, 0.29) is 11.3 Å². The second-order valence-electron chi connectivity index (χ2n) is 4.14. The van der Waals surface area contributed by atoms with E-state index in [1.54, 1.807) is 20.2 Å². The Hall–Kier alpha value is -2.29. The normalized spacial score (nSPS) is 11.7. The summed E-state index contributed by atoms with van der Waals surface area (Å²) in [5, 5.41) is 4.14. The van der Waals surface area contributed by atoms with E-state index in [9.17, 15) is 14.2 Å². The summed E-state index contributed by atoms with van der Waals surface area (Å²) in [7, 11) is -1.28. The zero-order valence-corrected chi connectivity index (χ0v) is 12.0. The summed E-state index contributed by atoms with van der Waals surface area (Å²) >= 11 is 0. The summed E-state index contributed by atoms with van der Waals surface area (Å²) in [6, 6.07) is 0. The molecule has 0 fully saturated rings. The molecule has 0 aliphatic rings. The molecule has 1 unspecified atom stereocenters. The van der Waals surface area contributed by atoms with Gasteiger partial charge in [0, 0.05) is 17.8 Å². The van der Waals surface area contributed by atoms with Crippen LogP contribution in [0, 0.1) is 6.92 Å². The Morgan fingerprint density at radius 2 is 2.24 bits per heavy atom. The van der Waals surface area contributed by atoms with Gasteiger partial charge >= 0.3 is 19.9 Å². The van der Waals surface area contributed by atoms with Crippen LogP contribution in [0.4, 0.5) is 10.6 Å². The Balaban J connectivity index is 2.44. The van der Waals surface area contributed by atoms with E-state index in [2.05, 4.69) is 14.4 Å². The summed E-state index contributed by atoms with van der Waals surface area (Å²) in [6.07, 6.45) is 0.517. The van der Waals surface area contributed by atoms with E-state index in [0.29, 0.717) is 10.1 Å². The fraction of sp³-hybridized carbons (Fsp3) is 0.300. The average molecular weight is 315 g/mol. The van der Waals surface area contributed by atoms with Crippen molar-refractivity contribution in [1.82, 2.24) is 14.3 Å². The van der Waals surface area contributed by atoms with E-state index in [4.69, 9.17) is 10.6 Å². The molecule has 0 saturated carbocycles. The van der Waals surface area contributed by atoms with Crippen molar-refractivity contribution in [2.75, 3.05) is 12.5 Å². The molecule has 112 valence electrons. The van der Waals surface area contributed by atoms with Crippen LogP contribution in [0.3, 0.4) is 0 Å². The molecule has 0 bridgehead atoms. The Bertz CT molecular complexity index is 795. The van der Waals surface area contributed by atoms with Gasteiger partial charge in [-0.25, -0.2) is 4.79 Å². The number of carbonyl (C=O) groups excluding carboxylic acids is 1. The first-order valence-corrected chi connectivity index (χ1v) is 6.76. The second-order valence-corrected chi connectivity index (χ2v) is 4.88. The van der Waals surface area contributed by atoms with Crippen molar-refractivity contribution < 1.29 is 23.5 Å². The summed E-state index contributed by atoms with van der Waals surface area (Å²) in [6.45, 7) is 0.969. The lowest BCUT2D eigenvalue weighted by Crippen LogP contribution is -2.32. The lowest BCUT2D eigenvalue weighted by Gasteiger charge is -2.05. The molecule has 21 heavy (non-hydrogen) atoms. The standard InChI is InChI=1S/C10H11N4O6P/c1-5-3-13(2)7-6(5)8(11)12-14(9(7)15)10(16)19-4-20-21(17)18/h3H,4H2,1-2H3,(H2-,11,12,17,18)/p+1. The van der Waals surface area contributed by atoms with Crippen LogP contribution in [-0.4, -0.2) is 32.1 Å². The van der Waals surface area contributed by atoms with Crippen LogP contribution in [-0.2, 0) is 20.9 Å². The number of hydrogen-bond donors (Lipinski definition) is 2. The Morgan fingerprint density at radius 3 is 2.86 bits per heavy atom. The monoisotopic (exact) mass is 315 g/mol. The van der Waals surface area contributed by atoms with Crippen molar-refractivity contribution in [3.05, 3.63) is 22.1 Å². The lowest BCUT2D eigenvalue weighted by atomic mass is 10.2. The number of fused-ring (bicyclic) bond motifs is 1. The number of ether oxygens (including phenoxy) is 1. The van der Waals surface area contributed by atoms with Crippen molar-refractivity contribution in [2.24, 2.45) is 7.05 Å². The average Bonchev–Trinajstić information content (AvgIpc) is 2.69. The first kappa shape index (κ1) is 15.1. The van der Waals surface area contributed by atoms with Crippen LogP contribution in [0.2, 0.25) is 0 Å². The highest BCUT2D eigenvalue weighted by Gasteiger charge is 2.20. The van der Waals surface area contributed by atoms with Gasteiger partial charge in [-0.3, -0.25) is 4.79 Å². The molecule has 0 saturated heterocycles. The van der Waals surface area contributed by atoms with Crippen molar-refractivity contribution in [3.8, 4) is 0 Å². The number of carbonyl (C=O) groups is 1. The van der Waals surface area contributed by atoms with Crippen molar-refractivity contribution in [1.29, 1.82) is 0 Å². The van der Waals surface area contributed by atoms with Gasteiger partial charge in [0.15, 0.2) is 5.82 Å². The maximum atomic E-state index is 12.2. The third kappa shape index (κ3) is 2.77. The highest BCUT2D eigenvalue weighted by atomic mass is 31.1. The molecular weight excluding hydrogens is 303 g/mol. The Labute approximate surface area is 118 Å². The second kappa shape index (κ2) is 5.60. The highest BCUT2D eigenvalue weighted by molar-refractivity contribution is 7.32. The number of aryl methyl sites for hydroxylation is 2. The van der Waals surface area contributed by atoms with Gasteiger partial charge in [-0.1, -0.05) is 4.52 Å². The molecule has 2 rings (SSSR count). The Kier molecular flexibility index (Phi) is 4.03. The molecule has 2 heterocycles. The minimum Gasteiger partial charge on any atom is -0.416 e. The quantitative estimate of drug-likeness (QED) is 0.606. The maximum Gasteiger partial charge on any atom is 0.698 e. The number of rotatable bonds is 3. The summed E-state index contributed by atoms with van der Waals surface area (Å²) in [5.41, 5.74) is 5.98. The minimum absolute atomic E-state index is 0.00574. The van der Waals surface area contributed by atoms with E-state index in [0.717, 1.165) is 5.56 Å². The molecule has 0 spiro atoms. The van der Waals surface area contributed by atoms with Crippen molar-refractivity contribution >= 4 is 31.1 Å². The van der Waals surface area contributed by atoms with E-state index < -0.39 is 26.7 Å². The molecule has 0 aromatic carbocycles. The molecule has 1 atom stereocenters. The number of hydrogen-bond acceptors (Lipinski definition) is 7. The highest BCUT2D eigenvalue weighted by Crippen LogP contribution is 2.21. The van der Waals surface area contributed by atoms with Crippen molar-refractivity contribution in [3.63, 3.8) is 0 Å². The van der Waals surface area contributed by atoms with Gasteiger partial charge in [-0.05, 0) is 12.5 Å². The molecular formula is C10H12N4O6P+. The van der Waals surface area contributed by atoms with Crippen LogP contribution in [0.15, 0.2) is 11.0 Å². The minimum atomic E-state index is -2.91. The van der Waals surface area contributed by atoms with Gasteiger partial charge in [0.1, 0.15) is 5.52 Å². The molecule has 0 amide bonds. The van der Waals surface area contributed by atoms with Gasteiger partial charge < -0.3 is 15.0 Å². The molecule has 0 aliphatic carbocycles. The summed E-state index contributed by atoms with van der Waals surface area (Å²) in [5.74, 6) is -0.00574. The number of anilines is 1. The third-order valence-electron chi connectivity index (χ3n) is 2.75.